The summed E-state index contributed by atoms with van der Waals surface area (Å²) in [6, 6.07) is 2.43. The first kappa shape index (κ1) is 19.8. The molecule has 2 aromatic rings. The monoisotopic (exact) mass is 381 g/mol. The molecule has 0 aliphatic carbocycles. The number of amides is 1. The lowest BCUT2D eigenvalue weighted by Crippen LogP contribution is -2.35. The smallest absolute Gasteiger partial charge is 0.249 e. The SMILES string of the molecule is Cl.NC(=O)c1csc(CN(Cc2cncnc2)C2CCCNCC2)c1. The van der Waals surface area contributed by atoms with Crippen LogP contribution in [0.15, 0.2) is 30.2 Å². The first-order chi connectivity index (χ1) is 11.7. The number of nitrogens with two attached hydrogens (primary N) is 1. The molecule has 1 amide bonds. The number of nitrogens with zero attached hydrogens (tertiary/aromatic N) is 3. The molecule has 0 radical (unpaired) electrons. The van der Waals surface area contributed by atoms with Crippen molar-refractivity contribution < 1.29 is 4.79 Å². The quantitative estimate of drug-likeness (QED) is 0.801. The van der Waals surface area contributed by atoms with Crippen molar-refractivity contribution >= 4 is 29.7 Å². The van der Waals surface area contributed by atoms with E-state index in [9.17, 15) is 4.79 Å². The molecule has 136 valence electrons. The fraction of sp³-hybridized carbons (Fsp3) is 0.471. The molecule has 1 atom stereocenters. The average molecular weight is 382 g/mol. The van der Waals surface area contributed by atoms with E-state index in [-0.39, 0.29) is 18.3 Å². The lowest BCUT2D eigenvalue weighted by atomic mass is 10.1. The third-order valence-corrected chi connectivity index (χ3v) is 5.28. The van der Waals surface area contributed by atoms with Gasteiger partial charge in [-0.2, -0.15) is 0 Å². The summed E-state index contributed by atoms with van der Waals surface area (Å²) >= 11 is 1.60. The van der Waals surface area contributed by atoms with Crippen LogP contribution in [0.1, 0.15) is 40.1 Å². The van der Waals surface area contributed by atoms with E-state index in [2.05, 4.69) is 20.2 Å². The minimum Gasteiger partial charge on any atom is -0.366 e. The van der Waals surface area contributed by atoms with Crippen LogP contribution in [-0.2, 0) is 13.1 Å². The fourth-order valence-corrected chi connectivity index (χ4v) is 4.02. The van der Waals surface area contributed by atoms with Crippen molar-refractivity contribution in [1.82, 2.24) is 20.2 Å². The van der Waals surface area contributed by atoms with E-state index in [0.717, 1.165) is 43.0 Å². The Morgan fingerprint density at radius 1 is 1.28 bits per heavy atom. The summed E-state index contributed by atoms with van der Waals surface area (Å²) in [6.45, 7) is 3.76. The zero-order valence-corrected chi connectivity index (χ0v) is 15.7. The predicted octanol–water partition coefficient (Wildman–Crippen LogP) is 2.20. The van der Waals surface area contributed by atoms with Crippen molar-refractivity contribution in [3.8, 4) is 0 Å². The normalized spacial score (nSPS) is 17.7. The highest BCUT2D eigenvalue weighted by molar-refractivity contribution is 7.10. The third-order valence-electron chi connectivity index (χ3n) is 4.36. The molecular weight excluding hydrogens is 358 g/mol. The van der Waals surface area contributed by atoms with Crippen LogP contribution in [0, 0.1) is 0 Å². The van der Waals surface area contributed by atoms with E-state index in [1.165, 1.54) is 12.8 Å². The fourth-order valence-electron chi connectivity index (χ4n) is 3.12. The summed E-state index contributed by atoms with van der Waals surface area (Å²) in [5.74, 6) is -0.362. The Morgan fingerprint density at radius 2 is 2.08 bits per heavy atom. The van der Waals surface area contributed by atoms with E-state index >= 15 is 0 Å². The van der Waals surface area contributed by atoms with Gasteiger partial charge in [-0.3, -0.25) is 9.69 Å². The van der Waals surface area contributed by atoms with Crippen LogP contribution in [0.2, 0.25) is 0 Å². The van der Waals surface area contributed by atoms with E-state index in [4.69, 9.17) is 5.73 Å². The van der Waals surface area contributed by atoms with E-state index in [1.54, 1.807) is 17.7 Å². The maximum atomic E-state index is 11.3. The average Bonchev–Trinajstić information content (AvgIpc) is 2.89. The molecule has 0 saturated carbocycles. The van der Waals surface area contributed by atoms with Gasteiger partial charge >= 0.3 is 0 Å². The van der Waals surface area contributed by atoms with Crippen molar-refractivity contribution in [3.05, 3.63) is 46.2 Å². The number of primary amides is 1. The van der Waals surface area contributed by atoms with Crippen LogP contribution in [0.25, 0.3) is 0 Å². The number of aromatic nitrogens is 2. The number of hydrogen-bond donors (Lipinski definition) is 2. The van der Waals surface area contributed by atoms with Crippen molar-refractivity contribution in [2.45, 2.75) is 38.4 Å². The Balaban J connectivity index is 0.00000225. The van der Waals surface area contributed by atoms with Crippen molar-refractivity contribution in [1.29, 1.82) is 0 Å². The maximum absolute atomic E-state index is 11.3. The molecular formula is C17H24ClN5OS. The van der Waals surface area contributed by atoms with Crippen LogP contribution in [0.3, 0.4) is 0 Å². The minimum atomic E-state index is -0.362. The van der Waals surface area contributed by atoms with Gasteiger partial charge in [0.1, 0.15) is 6.33 Å². The largest absolute Gasteiger partial charge is 0.366 e. The molecule has 0 aromatic carbocycles. The molecule has 1 unspecified atom stereocenters. The molecule has 3 heterocycles. The highest BCUT2D eigenvalue weighted by atomic mass is 35.5. The number of rotatable bonds is 6. The second kappa shape index (κ2) is 9.82. The van der Waals surface area contributed by atoms with Gasteiger partial charge in [-0.25, -0.2) is 9.97 Å². The molecule has 0 bridgehead atoms. The first-order valence-corrected chi connectivity index (χ1v) is 9.16. The first-order valence-electron chi connectivity index (χ1n) is 8.28. The van der Waals surface area contributed by atoms with Gasteiger partial charge in [-0.1, -0.05) is 0 Å². The summed E-state index contributed by atoms with van der Waals surface area (Å²) in [4.78, 5) is 23.2. The van der Waals surface area contributed by atoms with E-state index in [0.29, 0.717) is 11.6 Å². The highest BCUT2D eigenvalue weighted by Gasteiger charge is 2.21. The molecule has 0 spiro atoms. The number of hydrogen-bond acceptors (Lipinski definition) is 6. The van der Waals surface area contributed by atoms with Crippen LogP contribution in [0.5, 0.6) is 0 Å². The Hall–Kier alpha value is -1.54. The van der Waals surface area contributed by atoms with Crippen molar-refractivity contribution in [2.75, 3.05) is 13.1 Å². The molecule has 6 nitrogen and oxygen atoms in total. The summed E-state index contributed by atoms with van der Waals surface area (Å²) in [6.07, 6.45) is 8.79. The molecule has 3 rings (SSSR count). The predicted molar refractivity (Wildman–Crippen MR) is 102 cm³/mol. The number of carbonyl (C=O) groups excluding carboxylic acids is 1. The molecule has 1 aliphatic rings. The summed E-state index contributed by atoms with van der Waals surface area (Å²) in [7, 11) is 0. The Labute approximate surface area is 158 Å². The summed E-state index contributed by atoms with van der Waals surface area (Å²) in [5, 5.41) is 5.31. The molecule has 1 aliphatic heterocycles. The second-order valence-corrected chi connectivity index (χ2v) is 7.15. The number of nitrogens with one attached hydrogen (secondary N) is 1. The molecule has 3 N–H and O–H groups in total. The zero-order valence-electron chi connectivity index (χ0n) is 14.1. The maximum Gasteiger partial charge on any atom is 0.249 e. The van der Waals surface area contributed by atoms with Crippen LogP contribution < -0.4 is 11.1 Å². The van der Waals surface area contributed by atoms with Gasteiger partial charge in [0, 0.05) is 47.3 Å². The Morgan fingerprint density at radius 3 is 2.80 bits per heavy atom. The molecule has 8 heteroatoms. The van der Waals surface area contributed by atoms with Gasteiger partial charge in [0.15, 0.2) is 0 Å². The van der Waals surface area contributed by atoms with Gasteiger partial charge in [0.05, 0.1) is 5.56 Å². The molecule has 1 fully saturated rings. The van der Waals surface area contributed by atoms with Gasteiger partial charge in [0.2, 0.25) is 5.91 Å². The lowest BCUT2D eigenvalue weighted by molar-refractivity contribution is 0.100. The topological polar surface area (TPSA) is 84.1 Å². The number of carbonyl (C=O) groups is 1. The Kier molecular flexibility index (Phi) is 7.77. The van der Waals surface area contributed by atoms with Crippen LogP contribution in [0.4, 0.5) is 0 Å². The third kappa shape index (κ3) is 5.74. The second-order valence-electron chi connectivity index (χ2n) is 6.15. The zero-order chi connectivity index (χ0) is 16.8. The van der Waals surface area contributed by atoms with Gasteiger partial charge in [0.25, 0.3) is 0 Å². The molecule has 2 aromatic heterocycles. The summed E-state index contributed by atoms with van der Waals surface area (Å²) < 4.78 is 0. The van der Waals surface area contributed by atoms with Crippen LogP contribution >= 0.6 is 23.7 Å². The van der Waals surface area contributed by atoms with E-state index in [1.807, 2.05) is 23.8 Å². The van der Waals surface area contributed by atoms with E-state index < -0.39 is 0 Å². The summed E-state index contributed by atoms with van der Waals surface area (Å²) in [5.41, 5.74) is 7.08. The number of thiophene rings is 1. The van der Waals surface area contributed by atoms with Gasteiger partial charge in [-0.05, 0) is 38.4 Å². The number of halogens is 1. The lowest BCUT2D eigenvalue weighted by Gasteiger charge is -2.30. The van der Waals surface area contributed by atoms with Crippen molar-refractivity contribution in [2.24, 2.45) is 5.73 Å². The molecule has 1 saturated heterocycles. The van der Waals surface area contributed by atoms with Gasteiger partial charge < -0.3 is 11.1 Å². The van der Waals surface area contributed by atoms with Crippen LogP contribution in [-0.4, -0.2) is 39.9 Å². The Bertz CT molecular complexity index is 658. The van der Waals surface area contributed by atoms with Gasteiger partial charge in [-0.15, -0.1) is 23.7 Å². The van der Waals surface area contributed by atoms with Crippen molar-refractivity contribution in [3.63, 3.8) is 0 Å². The molecule has 25 heavy (non-hydrogen) atoms. The standard InChI is InChI=1S/C17H23N5OS.ClH/c18-17(23)14-6-16(24-11-14)10-22(9-13-7-20-12-21-8-13)15-2-1-4-19-5-3-15;/h6-8,11-12,15,19H,1-5,9-10H2,(H2,18,23);1H. The highest BCUT2D eigenvalue weighted by Crippen LogP contribution is 2.23. The minimum absolute atomic E-state index is 0.